The Morgan fingerprint density at radius 2 is 1.73 bits per heavy atom. The highest BCUT2D eigenvalue weighted by Gasteiger charge is 2.23. The monoisotopic (exact) mass is 496 g/mol. The van der Waals surface area contributed by atoms with Gasteiger partial charge in [-0.25, -0.2) is 13.1 Å². The number of nitrogens with one attached hydrogen (secondary N) is 2. The maximum Gasteiger partial charge on any atom is 0.258 e. The van der Waals surface area contributed by atoms with Crippen molar-refractivity contribution in [2.45, 2.75) is 49.6 Å². The molecule has 8 nitrogen and oxygen atoms in total. The molecule has 3 rings (SSSR count). The molecule has 2 aromatic rings. The summed E-state index contributed by atoms with van der Waals surface area (Å²) >= 11 is 6.22. The molecule has 2 aromatic carbocycles. The normalized spacial score (nSPS) is 15.2. The summed E-state index contributed by atoms with van der Waals surface area (Å²) in [4.78, 5) is 12.4. The smallest absolute Gasteiger partial charge is 0.258 e. The van der Waals surface area contributed by atoms with E-state index in [1.165, 1.54) is 18.2 Å². The van der Waals surface area contributed by atoms with Crippen LogP contribution < -0.4 is 24.2 Å². The van der Waals surface area contributed by atoms with E-state index in [-0.39, 0.29) is 40.3 Å². The Bertz CT molecular complexity index is 1090. The van der Waals surface area contributed by atoms with E-state index in [2.05, 4.69) is 10.0 Å². The number of ether oxygens (including phenoxy) is 3. The van der Waals surface area contributed by atoms with E-state index in [1.807, 2.05) is 13.0 Å². The average Bonchev–Trinajstić information content (AvgIpc) is 3.29. The molecule has 0 radical (unpaired) electrons. The van der Waals surface area contributed by atoms with E-state index in [4.69, 9.17) is 25.8 Å². The lowest BCUT2D eigenvalue weighted by atomic mass is 10.1. The van der Waals surface area contributed by atoms with Crippen LogP contribution in [0.2, 0.25) is 5.02 Å². The van der Waals surface area contributed by atoms with Crippen molar-refractivity contribution in [3.8, 4) is 17.2 Å². The molecule has 1 aliphatic carbocycles. The van der Waals surface area contributed by atoms with Crippen LogP contribution in [-0.2, 0) is 14.8 Å². The fourth-order valence-electron chi connectivity index (χ4n) is 3.73. The molecular weight excluding hydrogens is 468 g/mol. The predicted molar refractivity (Wildman–Crippen MR) is 126 cm³/mol. The molecule has 1 amide bonds. The summed E-state index contributed by atoms with van der Waals surface area (Å²) in [6.45, 7) is 1.56. The highest BCUT2D eigenvalue weighted by atomic mass is 35.5. The van der Waals surface area contributed by atoms with Gasteiger partial charge in [0, 0.05) is 6.04 Å². The van der Waals surface area contributed by atoms with Gasteiger partial charge in [0.2, 0.25) is 10.0 Å². The molecule has 0 unspecified atom stereocenters. The molecule has 0 spiro atoms. The molecule has 180 valence electrons. The van der Waals surface area contributed by atoms with E-state index < -0.39 is 10.0 Å². The molecule has 33 heavy (non-hydrogen) atoms. The Morgan fingerprint density at radius 1 is 1.06 bits per heavy atom. The van der Waals surface area contributed by atoms with Gasteiger partial charge in [-0.1, -0.05) is 30.5 Å². The number of hydrogen-bond donors (Lipinski definition) is 2. The summed E-state index contributed by atoms with van der Waals surface area (Å²) in [6.07, 6.45) is 3.72. The van der Waals surface area contributed by atoms with Gasteiger partial charge in [0.25, 0.3) is 5.91 Å². The zero-order valence-corrected chi connectivity index (χ0v) is 20.5. The van der Waals surface area contributed by atoms with Crippen LogP contribution in [0.3, 0.4) is 0 Å². The Labute approximate surface area is 199 Å². The standard InChI is InChI=1S/C23H29ClN2O6S/c1-15(16-8-10-21(30-2)22(12-16)31-3)25-23(27)14-32-20-11-9-18(13-19(20)24)33(28,29)26-17-6-4-5-7-17/h8-13,15,17,26H,4-7,14H2,1-3H3,(H,25,27)/t15-/m1/s1. The number of carbonyl (C=O) groups is 1. The molecule has 10 heteroatoms. The second kappa shape index (κ2) is 11.1. The highest BCUT2D eigenvalue weighted by molar-refractivity contribution is 7.89. The van der Waals surface area contributed by atoms with Crippen molar-refractivity contribution < 1.29 is 27.4 Å². The summed E-state index contributed by atoms with van der Waals surface area (Å²) in [5.74, 6) is 1.04. The van der Waals surface area contributed by atoms with Gasteiger partial charge in [0.05, 0.1) is 30.2 Å². The minimum absolute atomic E-state index is 0.0407. The number of halogens is 1. The average molecular weight is 497 g/mol. The first kappa shape index (κ1) is 25.1. The number of benzene rings is 2. The molecule has 1 fully saturated rings. The topological polar surface area (TPSA) is 103 Å². The lowest BCUT2D eigenvalue weighted by molar-refractivity contribution is -0.123. The summed E-state index contributed by atoms with van der Waals surface area (Å²) in [5, 5.41) is 2.96. The zero-order valence-electron chi connectivity index (χ0n) is 18.9. The molecule has 0 aromatic heterocycles. The maximum atomic E-state index is 12.6. The van der Waals surface area contributed by atoms with Crippen LogP contribution in [0.1, 0.15) is 44.2 Å². The third kappa shape index (κ3) is 6.52. The Hall–Kier alpha value is -2.49. The molecular formula is C23H29ClN2O6S. The van der Waals surface area contributed by atoms with Crippen molar-refractivity contribution in [3.63, 3.8) is 0 Å². The van der Waals surface area contributed by atoms with Gasteiger partial charge >= 0.3 is 0 Å². The SMILES string of the molecule is COc1ccc([C@@H](C)NC(=O)COc2ccc(S(=O)(=O)NC3CCCC3)cc2Cl)cc1OC. The number of rotatable bonds is 10. The van der Waals surface area contributed by atoms with Gasteiger partial charge in [-0.2, -0.15) is 0 Å². The van der Waals surface area contributed by atoms with Gasteiger partial charge in [-0.05, 0) is 55.7 Å². The molecule has 1 aliphatic rings. The quantitative estimate of drug-likeness (QED) is 0.518. The van der Waals surface area contributed by atoms with Gasteiger partial charge in [-0.3, -0.25) is 4.79 Å². The summed E-state index contributed by atoms with van der Waals surface area (Å²) < 4.78 is 43.9. The first-order chi connectivity index (χ1) is 15.7. The molecule has 1 atom stereocenters. The van der Waals surface area contributed by atoms with Crippen molar-refractivity contribution in [2.24, 2.45) is 0 Å². The van der Waals surface area contributed by atoms with E-state index >= 15 is 0 Å². The van der Waals surface area contributed by atoms with Gasteiger partial charge < -0.3 is 19.5 Å². The summed E-state index contributed by atoms with van der Waals surface area (Å²) in [7, 11) is -0.560. The van der Waals surface area contributed by atoms with Crippen molar-refractivity contribution in [3.05, 3.63) is 47.0 Å². The van der Waals surface area contributed by atoms with Crippen LogP contribution in [0.15, 0.2) is 41.3 Å². The number of methoxy groups -OCH3 is 2. The van der Waals surface area contributed by atoms with Crippen LogP contribution in [0.25, 0.3) is 0 Å². The third-order valence-corrected chi connectivity index (χ3v) is 7.35. The first-order valence-corrected chi connectivity index (χ1v) is 12.6. The summed E-state index contributed by atoms with van der Waals surface area (Å²) in [5.41, 5.74) is 0.836. The first-order valence-electron chi connectivity index (χ1n) is 10.7. The van der Waals surface area contributed by atoms with Crippen LogP contribution in [-0.4, -0.2) is 41.2 Å². The Morgan fingerprint density at radius 3 is 2.36 bits per heavy atom. The maximum absolute atomic E-state index is 12.6. The molecule has 0 saturated heterocycles. The fourth-order valence-corrected chi connectivity index (χ4v) is 5.36. The number of amides is 1. The second-order valence-corrected chi connectivity index (χ2v) is 10.0. The van der Waals surface area contributed by atoms with Crippen molar-refractivity contribution >= 4 is 27.5 Å². The van der Waals surface area contributed by atoms with Crippen LogP contribution in [0, 0.1) is 0 Å². The van der Waals surface area contributed by atoms with E-state index in [0.717, 1.165) is 31.2 Å². The highest BCUT2D eigenvalue weighted by Crippen LogP contribution is 2.30. The second-order valence-electron chi connectivity index (χ2n) is 7.89. The third-order valence-electron chi connectivity index (χ3n) is 5.53. The number of carbonyl (C=O) groups excluding carboxylic acids is 1. The molecule has 2 N–H and O–H groups in total. The van der Waals surface area contributed by atoms with Crippen LogP contribution in [0.4, 0.5) is 0 Å². The largest absolute Gasteiger partial charge is 0.493 e. The summed E-state index contributed by atoms with van der Waals surface area (Å²) in [6, 6.07) is 9.26. The Balaban J connectivity index is 1.57. The number of sulfonamides is 1. The number of hydrogen-bond acceptors (Lipinski definition) is 6. The van der Waals surface area contributed by atoms with Crippen LogP contribution in [0.5, 0.6) is 17.2 Å². The van der Waals surface area contributed by atoms with Gasteiger partial charge in [0.1, 0.15) is 5.75 Å². The Kier molecular flexibility index (Phi) is 8.45. The minimum atomic E-state index is -3.66. The van der Waals surface area contributed by atoms with Crippen molar-refractivity contribution in [2.75, 3.05) is 20.8 Å². The van der Waals surface area contributed by atoms with Crippen molar-refractivity contribution in [1.82, 2.24) is 10.0 Å². The fraction of sp³-hybridized carbons (Fsp3) is 0.435. The molecule has 0 heterocycles. The molecule has 1 saturated carbocycles. The molecule has 0 bridgehead atoms. The van der Waals surface area contributed by atoms with Crippen LogP contribution >= 0.6 is 11.6 Å². The minimum Gasteiger partial charge on any atom is -0.493 e. The van der Waals surface area contributed by atoms with E-state index in [1.54, 1.807) is 26.4 Å². The molecule has 0 aliphatic heterocycles. The van der Waals surface area contributed by atoms with E-state index in [9.17, 15) is 13.2 Å². The van der Waals surface area contributed by atoms with E-state index in [0.29, 0.717) is 11.5 Å². The predicted octanol–water partition coefficient (Wildman–Crippen LogP) is 3.83. The van der Waals surface area contributed by atoms with Crippen molar-refractivity contribution in [1.29, 1.82) is 0 Å². The van der Waals surface area contributed by atoms with Gasteiger partial charge in [0.15, 0.2) is 18.1 Å². The lowest BCUT2D eigenvalue weighted by Gasteiger charge is -2.17. The zero-order chi connectivity index (χ0) is 24.0. The lowest BCUT2D eigenvalue weighted by Crippen LogP contribution is -2.32. The van der Waals surface area contributed by atoms with Gasteiger partial charge in [-0.15, -0.1) is 0 Å².